The number of benzene rings is 2. The standard InChI is InChI=1S/C22H22N4O4S/c1-4-29-17-12-8-5-9-14(17)19-24-25-21(30-19)31-13-18(27)26-16-11-7-6-10-15(16)23-20(28)22(26,2)3/h5-12H,4,13H2,1-3H3,(H,23,28). The van der Waals surface area contributed by atoms with Gasteiger partial charge in [-0.05, 0) is 45.0 Å². The summed E-state index contributed by atoms with van der Waals surface area (Å²) in [6.45, 7) is 5.85. The molecular weight excluding hydrogens is 416 g/mol. The lowest BCUT2D eigenvalue weighted by Crippen LogP contribution is -2.58. The molecule has 3 aromatic rings. The van der Waals surface area contributed by atoms with Crippen LogP contribution in [-0.2, 0) is 9.59 Å². The number of hydrogen-bond donors (Lipinski definition) is 1. The molecule has 2 amide bonds. The van der Waals surface area contributed by atoms with Gasteiger partial charge in [0.15, 0.2) is 0 Å². The van der Waals surface area contributed by atoms with Crippen LogP contribution in [0.25, 0.3) is 11.5 Å². The van der Waals surface area contributed by atoms with Gasteiger partial charge in [-0.15, -0.1) is 10.2 Å². The molecule has 0 bridgehead atoms. The summed E-state index contributed by atoms with van der Waals surface area (Å²) in [7, 11) is 0. The number of ether oxygens (including phenoxy) is 1. The van der Waals surface area contributed by atoms with Gasteiger partial charge < -0.3 is 14.5 Å². The molecule has 0 unspecified atom stereocenters. The van der Waals surface area contributed by atoms with Crippen molar-refractivity contribution < 1.29 is 18.7 Å². The van der Waals surface area contributed by atoms with E-state index >= 15 is 0 Å². The van der Waals surface area contributed by atoms with Crippen LogP contribution >= 0.6 is 11.8 Å². The molecule has 1 N–H and O–H groups in total. The first-order chi connectivity index (χ1) is 14.9. The van der Waals surface area contributed by atoms with E-state index < -0.39 is 5.54 Å². The van der Waals surface area contributed by atoms with Crippen LogP contribution in [0.2, 0.25) is 0 Å². The fraction of sp³-hybridized carbons (Fsp3) is 0.273. The van der Waals surface area contributed by atoms with E-state index in [0.717, 1.165) is 11.8 Å². The molecule has 2 aromatic carbocycles. The quantitative estimate of drug-likeness (QED) is 0.581. The van der Waals surface area contributed by atoms with Crippen LogP contribution in [0.5, 0.6) is 5.75 Å². The zero-order chi connectivity index (χ0) is 22.0. The van der Waals surface area contributed by atoms with Crippen molar-refractivity contribution in [3.8, 4) is 17.2 Å². The molecule has 0 saturated carbocycles. The van der Waals surface area contributed by atoms with Crippen molar-refractivity contribution in [1.82, 2.24) is 10.2 Å². The topological polar surface area (TPSA) is 97.6 Å². The molecule has 1 aliphatic heterocycles. The molecule has 0 atom stereocenters. The van der Waals surface area contributed by atoms with Crippen LogP contribution in [0.15, 0.2) is 58.2 Å². The molecule has 0 spiro atoms. The molecule has 8 nitrogen and oxygen atoms in total. The minimum absolute atomic E-state index is 0.0415. The van der Waals surface area contributed by atoms with E-state index in [1.54, 1.807) is 19.9 Å². The summed E-state index contributed by atoms with van der Waals surface area (Å²) >= 11 is 1.13. The van der Waals surface area contributed by atoms with Gasteiger partial charge >= 0.3 is 0 Å². The smallest absolute Gasteiger partial charge is 0.277 e. The summed E-state index contributed by atoms with van der Waals surface area (Å²) < 4.78 is 11.4. The average Bonchev–Trinajstić information content (AvgIpc) is 3.22. The van der Waals surface area contributed by atoms with E-state index in [0.29, 0.717) is 35.2 Å². The summed E-state index contributed by atoms with van der Waals surface area (Å²) in [5.74, 6) is 0.546. The third-order valence-electron chi connectivity index (χ3n) is 4.90. The molecule has 9 heteroatoms. The van der Waals surface area contributed by atoms with Crippen molar-refractivity contribution in [2.45, 2.75) is 31.5 Å². The van der Waals surface area contributed by atoms with Gasteiger partial charge in [-0.1, -0.05) is 36.0 Å². The van der Waals surface area contributed by atoms with Gasteiger partial charge in [0.25, 0.3) is 11.1 Å². The van der Waals surface area contributed by atoms with Crippen molar-refractivity contribution >= 4 is 35.0 Å². The number of hydrogen-bond acceptors (Lipinski definition) is 7. The lowest BCUT2D eigenvalue weighted by Gasteiger charge is -2.42. The Bertz CT molecular complexity index is 1130. The molecule has 160 valence electrons. The number of anilines is 2. The number of nitrogens with zero attached hydrogens (tertiary/aromatic N) is 3. The maximum Gasteiger partial charge on any atom is 0.277 e. The maximum absolute atomic E-state index is 13.1. The molecule has 1 aliphatic rings. The van der Waals surface area contributed by atoms with E-state index in [9.17, 15) is 9.59 Å². The van der Waals surface area contributed by atoms with Gasteiger partial charge in [0, 0.05) is 0 Å². The zero-order valence-electron chi connectivity index (χ0n) is 17.4. The molecule has 0 aliphatic carbocycles. The summed E-state index contributed by atoms with van der Waals surface area (Å²) in [6, 6.07) is 14.6. The van der Waals surface area contributed by atoms with Gasteiger partial charge in [0.1, 0.15) is 11.3 Å². The fourth-order valence-corrected chi connectivity index (χ4v) is 4.00. The summed E-state index contributed by atoms with van der Waals surface area (Å²) in [5.41, 5.74) is 0.938. The lowest BCUT2D eigenvalue weighted by atomic mass is 9.96. The van der Waals surface area contributed by atoms with E-state index in [-0.39, 0.29) is 22.8 Å². The van der Waals surface area contributed by atoms with Crippen LogP contribution in [0.1, 0.15) is 20.8 Å². The fourth-order valence-electron chi connectivity index (χ4n) is 3.39. The number of fused-ring (bicyclic) bond motifs is 1. The third kappa shape index (κ3) is 4.00. The van der Waals surface area contributed by atoms with Crippen molar-refractivity contribution in [2.75, 3.05) is 22.6 Å². The molecule has 0 radical (unpaired) electrons. The molecular formula is C22H22N4O4S. The number of thioether (sulfide) groups is 1. The Morgan fingerprint density at radius 3 is 2.71 bits per heavy atom. The number of para-hydroxylation sites is 3. The Balaban J connectivity index is 1.52. The Morgan fingerprint density at radius 1 is 1.16 bits per heavy atom. The number of carbonyl (C=O) groups is 2. The van der Waals surface area contributed by atoms with Crippen LogP contribution in [0.4, 0.5) is 11.4 Å². The summed E-state index contributed by atoms with van der Waals surface area (Å²) in [6.07, 6.45) is 0. The van der Waals surface area contributed by atoms with E-state index in [4.69, 9.17) is 9.15 Å². The van der Waals surface area contributed by atoms with Gasteiger partial charge in [0.2, 0.25) is 11.8 Å². The van der Waals surface area contributed by atoms with E-state index in [1.807, 2.05) is 49.4 Å². The van der Waals surface area contributed by atoms with Crippen LogP contribution in [0.3, 0.4) is 0 Å². The van der Waals surface area contributed by atoms with Crippen LogP contribution in [0, 0.1) is 0 Å². The number of nitrogens with one attached hydrogen (secondary N) is 1. The molecule has 0 saturated heterocycles. The van der Waals surface area contributed by atoms with Gasteiger partial charge in [-0.2, -0.15) is 0 Å². The average molecular weight is 439 g/mol. The Hall–Kier alpha value is -3.33. The van der Waals surface area contributed by atoms with Crippen molar-refractivity contribution in [3.05, 3.63) is 48.5 Å². The number of rotatable bonds is 6. The number of amides is 2. The highest BCUT2D eigenvalue weighted by atomic mass is 32.2. The van der Waals surface area contributed by atoms with Crippen LogP contribution in [-0.4, -0.2) is 39.9 Å². The maximum atomic E-state index is 13.1. The second kappa shape index (κ2) is 8.43. The first-order valence-corrected chi connectivity index (χ1v) is 10.8. The van der Waals surface area contributed by atoms with Crippen molar-refractivity contribution in [1.29, 1.82) is 0 Å². The second-order valence-electron chi connectivity index (χ2n) is 7.35. The Kier molecular flexibility index (Phi) is 5.69. The highest BCUT2D eigenvalue weighted by Gasteiger charge is 2.43. The molecule has 0 fully saturated rings. The molecule has 2 heterocycles. The number of carbonyl (C=O) groups excluding carboxylic acids is 2. The van der Waals surface area contributed by atoms with Crippen LogP contribution < -0.4 is 15.0 Å². The predicted molar refractivity (Wildman–Crippen MR) is 118 cm³/mol. The SMILES string of the molecule is CCOc1ccccc1-c1nnc(SCC(=O)N2c3ccccc3NC(=O)C2(C)C)o1. The van der Waals surface area contributed by atoms with E-state index in [1.165, 1.54) is 4.90 Å². The lowest BCUT2D eigenvalue weighted by molar-refractivity contribution is -0.125. The molecule has 4 rings (SSSR count). The first-order valence-electron chi connectivity index (χ1n) is 9.84. The minimum Gasteiger partial charge on any atom is -0.493 e. The first kappa shape index (κ1) is 20.9. The second-order valence-corrected chi connectivity index (χ2v) is 8.28. The summed E-state index contributed by atoms with van der Waals surface area (Å²) in [5, 5.41) is 11.3. The normalized spacial score (nSPS) is 14.7. The number of aromatic nitrogens is 2. The largest absolute Gasteiger partial charge is 0.493 e. The van der Waals surface area contributed by atoms with E-state index in [2.05, 4.69) is 15.5 Å². The zero-order valence-corrected chi connectivity index (χ0v) is 18.2. The third-order valence-corrected chi connectivity index (χ3v) is 5.70. The van der Waals surface area contributed by atoms with Gasteiger partial charge in [-0.25, -0.2) is 0 Å². The minimum atomic E-state index is -1.03. The molecule has 31 heavy (non-hydrogen) atoms. The van der Waals surface area contributed by atoms with Crippen molar-refractivity contribution in [3.63, 3.8) is 0 Å². The predicted octanol–water partition coefficient (Wildman–Crippen LogP) is 3.99. The monoisotopic (exact) mass is 438 g/mol. The Labute approximate surface area is 184 Å². The highest BCUT2D eigenvalue weighted by molar-refractivity contribution is 7.99. The van der Waals surface area contributed by atoms with Gasteiger partial charge in [0.05, 0.1) is 29.3 Å². The summed E-state index contributed by atoms with van der Waals surface area (Å²) in [4.78, 5) is 27.2. The Morgan fingerprint density at radius 2 is 1.90 bits per heavy atom. The molecule has 1 aromatic heterocycles. The highest BCUT2D eigenvalue weighted by Crippen LogP contribution is 2.37. The van der Waals surface area contributed by atoms with Crippen molar-refractivity contribution in [2.24, 2.45) is 0 Å². The van der Waals surface area contributed by atoms with Gasteiger partial charge in [-0.3, -0.25) is 14.5 Å².